The minimum absolute atomic E-state index is 0.214. The van der Waals surface area contributed by atoms with Crippen LogP contribution in [0.4, 0.5) is 10.1 Å². The van der Waals surface area contributed by atoms with Crippen molar-refractivity contribution < 1.29 is 9.50 Å². The fraction of sp³-hybridized carbons (Fsp3) is 0.559. The Labute approximate surface area is 253 Å². The molecule has 1 aliphatic heterocycles. The predicted molar refractivity (Wildman–Crippen MR) is 170 cm³/mol. The zero-order valence-corrected chi connectivity index (χ0v) is 25.9. The lowest BCUT2D eigenvalue weighted by atomic mass is 9.45. The standard InChI is InChI=1S/C34H45FN6O2/c1-20-16-40(17-21(2)37-20)33(39-30-14-24-13-29(22(30)3)34(24,4)5)38-26-10-11-28-31(15-26)36-19-41(32(28)43)27(18-42)12-23-6-8-25(35)9-7-23/h6-11,15,19-22,24,27,29-30,37,42H,12-14,16-18H2,1-5H3,(H,38,39)/t20-,21+,22-,24+,27-,29-,30-/m0/s1. The Balaban J connectivity index is 1.27. The number of benzene rings is 2. The second-order valence-corrected chi connectivity index (χ2v) is 13.8. The molecule has 0 radical (unpaired) electrons. The van der Waals surface area contributed by atoms with Crippen LogP contribution in [0.15, 0.2) is 58.6 Å². The molecule has 0 unspecified atom stereocenters. The highest BCUT2D eigenvalue weighted by molar-refractivity contribution is 5.96. The van der Waals surface area contributed by atoms with E-state index in [2.05, 4.69) is 55.1 Å². The van der Waals surface area contributed by atoms with Crippen LogP contribution in [0.2, 0.25) is 0 Å². The molecule has 9 heteroatoms. The number of nitrogens with zero attached hydrogens (tertiary/aromatic N) is 4. The molecule has 8 nitrogen and oxygen atoms in total. The number of aliphatic hydroxyl groups is 1. The Kier molecular flexibility index (Phi) is 8.07. The van der Waals surface area contributed by atoms with E-state index in [4.69, 9.17) is 4.99 Å². The predicted octanol–water partition coefficient (Wildman–Crippen LogP) is 4.83. The number of guanidine groups is 1. The van der Waals surface area contributed by atoms with Crippen LogP contribution in [0.25, 0.3) is 10.9 Å². The van der Waals surface area contributed by atoms with Gasteiger partial charge in [0.05, 0.1) is 35.9 Å². The third-order valence-corrected chi connectivity index (χ3v) is 10.5. The summed E-state index contributed by atoms with van der Waals surface area (Å²) in [7, 11) is 0. The van der Waals surface area contributed by atoms with Crippen molar-refractivity contribution in [1.29, 1.82) is 0 Å². The normalized spacial score (nSPS) is 29.3. The van der Waals surface area contributed by atoms with Crippen molar-refractivity contribution in [2.45, 2.75) is 78.0 Å². The quantitative estimate of drug-likeness (QED) is 0.282. The van der Waals surface area contributed by atoms with E-state index >= 15 is 0 Å². The zero-order chi connectivity index (χ0) is 30.5. The molecule has 4 aliphatic rings. The van der Waals surface area contributed by atoms with Crippen LogP contribution in [-0.4, -0.2) is 63.3 Å². The lowest BCUT2D eigenvalue weighted by Gasteiger charge is -2.61. The van der Waals surface area contributed by atoms with Gasteiger partial charge < -0.3 is 20.6 Å². The number of aliphatic imine (C=N–C) groups is 1. The van der Waals surface area contributed by atoms with Crippen LogP contribution < -0.4 is 16.2 Å². The monoisotopic (exact) mass is 588 g/mol. The summed E-state index contributed by atoms with van der Waals surface area (Å²) in [4.78, 5) is 25.9. The lowest BCUT2D eigenvalue weighted by Crippen LogP contribution is -2.59. The fourth-order valence-corrected chi connectivity index (χ4v) is 7.89. The first kappa shape index (κ1) is 29.8. The molecule has 3 aromatic rings. The maximum absolute atomic E-state index is 13.5. The number of rotatable bonds is 6. The average Bonchev–Trinajstić information content (AvgIpc) is 2.97. The third kappa shape index (κ3) is 5.81. The van der Waals surface area contributed by atoms with Crippen molar-refractivity contribution in [2.75, 3.05) is 25.0 Å². The smallest absolute Gasteiger partial charge is 0.261 e. The molecular weight excluding hydrogens is 543 g/mol. The third-order valence-electron chi connectivity index (χ3n) is 10.5. The van der Waals surface area contributed by atoms with E-state index in [9.17, 15) is 14.3 Å². The van der Waals surface area contributed by atoms with Gasteiger partial charge in [-0.15, -0.1) is 0 Å². The minimum Gasteiger partial charge on any atom is -0.394 e. The van der Waals surface area contributed by atoms with Gasteiger partial charge >= 0.3 is 0 Å². The number of aromatic nitrogens is 2. The summed E-state index contributed by atoms with van der Waals surface area (Å²) in [6.45, 7) is 13.1. The highest BCUT2D eigenvalue weighted by atomic mass is 19.1. The van der Waals surface area contributed by atoms with E-state index < -0.39 is 6.04 Å². The highest BCUT2D eigenvalue weighted by Crippen LogP contribution is 2.61. The number of nitrogens with one attached hydrogen (secondary N) is 2. The first-order chi connectivity index (χ1) is 20.5. The molecule has 230 valence electrons. The maximum Gasteiger partial charge on any atom is 0.261 e. The van der Waals surface area contributed by atoms with Gasteiger partial charge in [-0.1, -0.05) is 32.9 Å². The van der Waals surface area contributed by atoms with Crippen LogP contribution >= 0.6 is 0 Å². The van der Waals surface area contributed by atoms with Crippen LogP contribution in [-0.2, 0) is 6.42 Å². The number of hydrogen-bond acceptors (Lipinski definition) is 5. The van der Waals surface area contributed by atoms with Gasteiger partial charge in [-0.3, -0.25) is 9.36 Å². The fourth-order valence-electron chi connectivity index (χ4n) is 7.89. The van der Waals surface area contributed by atoms with E-state index in [0.717, 1.165) is 42.6 Å². The molecule has 7 atom stereocenters. The topological polar surface area (TPSA) is 94.8 Å². The van der Waals surface area contributed by atoms with Gasteiger partial charge in [0.15, 0.2) is 5.96 Å². The summed E-state index contributed by atoms with van der Waals surface area (Å²) >= 11 is 0. The molecule has 1 saturated heterocycles. The van der Waals surface area contributed by atoms with E-state index in [0.29, 0.717) is 46.7 Å². The van der Waals surface area contributed by atoms with Crippen molar-refractivity contribution in [3.63, 3.8) is 0 Å². The molecule has 4 fully saturated rings. The summed E-state index contributed by atoms with van der Waals surface area (Å²) in [5, 5.41) is 17.8. The largest absolute Gasteiger partial charge is 0.394 e. The molecule has 1 aromatic heterocycles. The van der Waals surface area contributed by atoms with Gasteiger partial charge in [0.1, 0.15) is 5.82 Å². The van der Waals surface area contributed by atoms with Gasteiger partial charge in [-0.25, -0.2) is 14.4 Å². The zero-order valence-electron chi connectivity index (χ0n) is 25.9. The Morgan fingerprint density at radius 3 is 2.51 bits per heavy atom. The Morgan fingerprint density at radius 2 is 1.86 bits per heavy atom. The van der Waals surface area contributed by atoms with Crippen LogP contribution in [0.5, 0.6) is 0 Å². The summed E-state index contributed by atoms with van der Waals surface area (Å²) in [5.74, 6) is 2.53. The SMILES string of the molecule is C[C@@H]1[C@@H](N=C(Nc2ccc3c(=O)n([C@H](CO)Cc4ccc(F)cc4)cnc3c2)N2C[C@@H](C)N[C@@H](C)C2)C[C@H]2C[C@@H]1C2(C)C. The Bertz CT molecular complexity index is 1540. The van der Waals surface area contributed by atoms with Crippen molar-refractivity contribution in [3.8, 4) is 0 Å². The molecule has 3 aliphatic carbocycles. The van der Waals surface area contributed by atoms with Crippen LogP contribution in [0.3, 0.4) is 0 Å². The molecule has 0 spiro atoms. The first-order valence-corrected chi connectivity index (χ1v) is 15.8. The molecule has 3 saturated carbocycles. The maximum atomic E-state index is 13.5. The number of halogens is 1. The van der Waals surface area contributed by atoms with Crippen molar-refractivity contribution in [3.05, 3.63) is 70.5 Å². The van der Waals surface area contributed by atoms with Crippen molar-refractivity contribution in [1.82, 2.24) is 19.8 Å². The molecule has 2 heterocycles. The number of hydrogen-bond donors (Lipinski definition) is 3. The Morgan fingerprint density at radius 1 is 1.14 bits per heavy atom. The molecule has 2 bridgehead atoms. The van der Waals surface area contributed by atoms with Gasteiger partial charge in [-0.2, -0.15) is 0 Å². The Hall–Kier alpha value is -3.30. The lowest BCUT2D eigenvalue weighted by molar-refractivity contribution is -0.108. The summed E-state index contributed by atoms with van der Waals surface area (Å²) in [6.07, 6.45) is 4.34. The first-order valence-electron chi connectivity index (χ1n) is 15.8. The van der Waals surface area contributed by atoms with Crippen molar-refractivity contribution in [2.24, 2.45) is 28.2 Å². The number of aliphatic hydroxyl groups excluding tert-OH is 1. The summed E-state index contributed by atoms with van der Waals surface area (Å²) < 4.78 is 14.8. The summed E-state index contributed by atoms with van der Waals surface area (Å²) in [5.41, 5.74) is 2.45. The van der Waals surface area contributed by atoms with Gasteiger partial charge in [0.25, 0.3) is 5.56 Å². The van der Waals surface area contributed by atoms with Gasteiger partial charge in [0.2, 0.25) is 0 Å². The number of fused-ring (bicyclic) bond motifs is 3. The highest BCUT2D eigenvalue weighted by Gasteiger charge is 2.56. The van der Waals surface area contributed by atoms with Crippen LogP contribution in [0, 0.1) is 29.0 Å². The van der Waals surface area contributed by atoms with Crippen LogP contribution in [0.1, 0.15) is 59.1 Å². The van der Waals surface area contributed by atoms with Gasteiger partial charge in [-0.05, 0) is 92.2 Å². The van der Waals surface area contributed by atoms with E-state index in [-0.39, 0.29) is 24.0 Å². The van der Waals surface area contributed by atoms with Crippen molar-refractivity contribution >= 4 is 22.5 Å². The summed E-state index contributed by atoms with van der Waals surface area (Å²) in [6, 6.07) is 12.2. The number of anilines is 1. The van der Waals surface area contributed by atoms with E-state index in [1.165, 1.54) is 29.4 Å². The number of piperazine rings is 1. The molecule has 3 N–H and O–H groups in total. The minimum atomic E-state index is -0.503. The molecular formula is C34H45FN6O2. The molecule has 2 aromatic carbocycles. The molecule has 43 heavy (non-hydrogen) atoms. The average molecular weight is 589 g/mol. The van der Waals surface area contributed by atoms with E-state index in [1.807, 2.05) is 12.1 Å². The second kappa shape index (κ2) is 11.7. The molecule has 0 amide bonds. The van der Waals surface area contributed by atoms with E-state index in [1.54, 1.807) is 18.2 Å². The van der Waals surface area contributed by atoms with Gasteiger partial charge in [0, 0.05) is 30.9 Å². The molecule has 7 rings (SSSR count). The second-order valence-electron chi connectivity index (χ2n) is 13.8.